The summed E-state index contributed by atoms with van der Waals surface area (Å²) in [4.78, 5) is 4.76. The van der Waals surface area contributed by atoms with Crippen LogP contribution in [0.25, 0.3) is 11.1 Å². The second kappa shape index (κ2) is 6.87. The number of aliphatic hydroxyl groups is 1. The number of aliphatic hydroxyl groups excluding tert-OH is 1. The van der Waals surface area contributed by atoms with Crippen molar-refractivity contribution in [2.75, 3.05) is 19.0 Å². The highest BCUT2D eigenvalue weighted by molar-refractivity contribution is 5.77. The summed E-state index contributed by atoms with van der Waals surface area (Å²) >= 11 is 0. The van der Waals surface area contributed by atoms with E-state index in [0.29, 0.717) is 5.56 Å². The first kappa shape index (κ1) is 16.9. The summed E-state index contributed by atoms with van der Waals surface area (Å²) in [5.41, 5.74) is 4.32. The van der Waals surface area contributed by atoms with Crippen LogP contribution < -0.4 is 5.32 Å². The van der Waals surface area contributed by atoms with Gasteiger partial charge in [-0.25, -0.2) is 9.37 Å². The van der Waals surface area contributed by atoms with Gasteiger partial charge in [-0.05, 0) is 42.0 Å². The molecule has 1 aromatic carbocycles. The number of methoxy groups -OCH3 is 1. The first-order valence-electron chi connectivity index (χ1n) is 8.30. The van der Waals surface area contributed by atoms with Crippen molar-refractivity contribution in [2.24, 2.45) is 0 Å². The number of hydrogen-bond acceptors (Lipinski definition) is 4. The van der Waals surface area contributed by atoms with Gasteiger partial charge in [0.2, 0.25) is 0 Å². The summed E-state index contributed by atoms with van der Waals surface area (Å²) in [6, 6.07) is 6.37. The van der Waals surface area contributed by atoms with Crippen molar-refractivity contribution in [3.8, 4) is 11.1 Å². The average Bonchev–Trinajstić information content (AvgIpc) is 2.60. The number of halogens is 1. The minimum atomic E-state index is -1.07. The Labute approximate surface area is 141 Å². The summed E-state index contributed by atoms with van der Waals surface area (Å²) in [6.07, 6.45) is 0.790. The number of benzene rings is 1. The number of aromatic nitrogens is 1. The second-order valence-corrected chi connectivity index (χ2v) is 6.39. The van der Waals surface area contributed by atoms with Crippen LogP contribution in [-0.4, -0.2) is 23.7 Å². The van der Waals surface area contributed by atoms with Gasteiger partial charge < -0.3 is 15.2 Å². The third-order valence-corrected chi connectivity index (χ3v) is 4.41. The molecule has 0 amide bonds. The number of ether oxygens (including phenoxy) is 1. The maximum absolute atomic E-state index is 13.4. The highest BCUT2D eigenvalue weighted by Gasteiger charge is 2.27. The summed E-state index contributed by atoms with van der Waals surface area (Å²) in [5.74, 6) is 0.701. The molecule has 1 aliphatic rings. The summed E-state index contributed by atoms with van der Waals surface area (Å²) < 4.78 is 18.6. The molecule has 1 aliphatic heterocycles. The Morgan fingerprint density at radius 3 is 2.58 bits per heavy atom. The normalized spacial score (nSPS) is 15.1. The van der Waals surface area contributed by atoms with Crippen LogP contribution in [0.5, 0.6) is 0 Å². The van der Waals surface area contributed by atoms with Gasteiger partial charge >= 0.3 is 0 Å². The van der Waals surface area contributed by atoms with E-state index in [1.807, 2.05) is 13.8 Å². The molecular weight excluding hydrogens is 307 g/mol. The predicted octanol–water partition coefficient (Wildman–Crippen LogP) is 4.01. The molecule has 0 spiro atoms. The summed E-state index contributed by atoms with van der Waals surface area (Å²) in [6.45, 7) is 4.96. The number of fused-ring (bicyclic) bond motifs is 1. The molecule has 0 aliphatic carbocycles. The molecule has 24 heavy (non-hydrogen) atoms. The Morgan fingerprint density at radius 2 is 1.96 bits per heavy atom. The number of nitrogens with one attached hydrogen (secondary N) is 1. The van der Waals surface area contributed by atoms with Crippen molar-refractivity contribution < 1.29 is 14.2 Å². The maximum Gasteiger partial charge on any atom is 0.183 e. The van der Waals surface area contributed by atoms with Crippen molar-refractivity contribution in [3.05, 3.63) is 46.9 Å². The molecule has 5 heteroatoms. The smallest absolute Gasteiger partial charge is 0.183 e. The van der Waals surface area contributed by atoms with Crippen LogP contribution in [0.15, 0.2) is 24.3 Å². The van der Waals surface area contributed by atoms with Crippen molar-refractivity contribution in [2.45, 2.75) is 38.9 Å². The van der Waals surface area contributed by atoms with Gasteiger partial charge in [0.15, 0.2) is 6.29 Å². The van der Waals surface area contributed by atoms with Crippen LogP contribution in [0.3, 0.4) is 0 Å². The zero-order chi connectivity index (χ0) is 17.3. The number of rotatable bonds is 4. The van der Waals surface area contributed by atoms with Gasteiger partial charge in [-0.15, -0.1) is 0 Å². The highest BCUT2D eigenvalue weighted by atomic mass is 19.1. The molecule has 0 radical (unpaired) electrons. The minimum Gasteiger partial charge on any atom is -0.370 e. The van der Waals surface area contributed by atoms with E-state index in [1.54, 1.807) is 12.1 Å². The van der Waals surface area contributed by atoms with Crippen LogP contribution in [0.2, 0.25) is 0 Å². The third-order valence-electron chi connectivity index (χ3n) is 4.41. The molecular formula is C19H23FN2O2. The second-order valence-electron chi connectivity index (χ2n) is 6.39. The topological polar surface area (TPSA) is 54.4 Å². The van der Waals surface area contributed by atoms with Gasteiger partial charge in [0.25, 0.3) is 0 Å². The fraction of sp³-hybridized carbons (Fsp3) is 0.421. The Morgan fingerprint density at radius 1 is 1.25 bits per heavy atom. The van der Waals surface area contributed by atoms with Gasteiger partial charge in [0.05, 0.1) is 5.69 Å². The van der Waals surface area contributed by atoms with E-state index in [-0.39, 0.29) is 11.7 Å². The van der Waals surface area contributed by atoms with Crippen LogP contribution in [0.1, 0.15) is 49.3 Å². The molecule has 1 atom stereocenters. The Bertz CT molecular complexity index is 729. The summed E-state index contributed by atoms with van der Waals surface area (Å²) in [7, 11) is 1.47. The SMILES string of the molecule is COC(O)c1c(C(C)C)nc2c(c1-c1ccc(F)cc1)CCCN2. The Hall–Kier alpha value is -1.98. The van der Waals surface area contributed by atoms with E-state index < -0.39 is 6.29 Å². The predicted molar refractivity (Wildman–Crippen MR) is 92.5 cm³/mol. The molecule has 2 N–H and O–H groups in total. The highest BCUT2D eigenvalue weighted by Crippen LogP contribution is 2.41. The molecule has 2 aromatic rings. The lowest BCUT2D eigenvalue weighted by molar-refractivity contribution is -0.0774. The van der Waals surface area contributed by atoms with Crippen molar-refractivity contribution in [1.82, 2.24) is 4.98 Å². The number of hydrogen-bond donors (Lipinski definition) is 2. The quantitative estimate of drug-likeness (QED) is 0.832. The Balaban J connectivity index is 2.33. The molecule has 3 rings (SSSR count). The van der Waals surface area contributed by atoms with Crippen LogP contribution in [0, 0.1) is 5.82 Å². The van der Waals surface area contributed by atoms with Gasteiger partial charge in [0, 0.05) is 24.8 Å². The molecule has 1 unspecified atom stereocenters. The maximum atomic E-state index is 13.4. The van der Waals surface area contributed by atoms with E-state index in [4.69, 9.17) is 9.72 Å². The molecule has 0 bridgehead atoms. The Kier molecular flexibility index (Phi) is 4.83. The van der Waals surface area contributed by atoms with E-state index in [1.165, 1.54) is 19.2 Å². The third kappa shape index (κ3) is 3.01. The standard InChI is InChI=1S/C19H23FN2O2/c1-11(2)17-16(19(23)24-3)15(12-6-8-13(20)9-7-12)14-5-4-10-21-18(14)22-17/h6-9,11,19,23H,4-5,10H2,1-3H3,(H,21,22). The van der Waals surface area contributed by atoms with Crippen molar-refractivity contribution in [3.63, 3.8) is 0 Å². The first-order valence-corrected chi connectivity index (χ1v) is 8.30. The number of pyridine rings is 1. The molecule has 128 valence electrons. The van der Waals surface area contributed by atoms with Gasteiger partial charge in [-0.2, -0.15) is 0 Å². The summed E-state index contributed by atoms with van der Waals surface area (Å²) in [5, 5.41) is 13.9. The number of nitrogens with zero attached hydrogens (tertiary/aromatic N) is 1. The first-order chi connectivity index (χ1) is 11.5. The van der Waals surface area contributed by atoms with E-state index >= 15 is 0 Å². The average molecular weight is 330 g/mol. The largest absolute Gasteiger partial charge is 0.370 e. The van der Waals surface area contributed by atoms with Gasteiger partial charge in [-0.1, -0.05) is 26.0 Å². The molecule has 0 saturated carbocycles. The minimum absolute atomic E-state index is 0.123. The van der Waals surface area contributed by atoms with Crippen LogP contribution >= 0.6 is 0 Å². The van der Waals surface area contributed by atoms with E-state index in [9.17, 15) is 9.50 Å². The molecule has 1 aromatic heterocycles. The molecule has 2 heterocycles. The van der Waals surface area contributed by atoms with Crippen molar-refractivity contribution in [1.29, 1.82) is 0 Å². The number of anilines is 1. The zero-order valence-electron chi connectivity index (χ0n) is 14.3. The lowest BCUT2D eigenvalue weighted by atomic mass is 9.87. The van der Waals surface area contributed by atoms with Gasteiger partial charge in [-0.3, -0.25) is 0 Å². The zero-order valence-corrected chi connectivity index (χ0v) is 14.3. The van der Waals surface area contributed by atoms with E-state index in [0.717, 1.165) is 47.6 Å². The van der Waals surface area contributed by atoms with Gasteiger partial charge in [0.1, 0.15) is 11.6 Å². The fourth-order valence-corrected chi connectivity index (χ4v) is 3.27. The van der Waals surface area contributed by atoms with Crippen LogP contribution in [-0.2, 0) is 11.2 Å². The lowest BCUT2D eigenvalue weighted by Gasteiger charge is -2.28. The molecule has 4 nitrogen and oxygen atoms in total. The van der Waals surface area contributed by atoms with Crippen molar-refractivity contribution >= 4 is 5.82 Å². The van der Waals surface area contributed by atoms with Crippen LogP contribution in [0.4, 0.5) is 10.2 Å². The lowest BCUT2D eigenvalue weighted by Crippen LogP contribution is -2.19. The van der Waals surface area contributed by atoms with E-state index in [2.05, 4.69) is 5.32 Å². The fourth-order valence-electron chi connectivity index (χ4n) is 3.27. The molecule has 0 saturated heterocycles. The molecule has 0 fully saturated rings. The monoisotopic (exact) mass is 330 g/mol.